The summed E-state index contributed by atoms with van der Waals surface area (Å²) in [6.45, 7) is 2.05. The van der Waals surface area contributed by atoms with Crippen LogP contribution >= 0.6 is 11.6 Å². The van der Waals surface area contributed by atoms with Crippen molar-refractivity contribution in [1.29, 1.82) is 0 Å². The fraction of sp³-hybridized carbons (Fsp3) is 0.118. The van der Waals surface area contributed by atoms with E-state index in [0.29, 0.717) is 23.6 Å². The highest BCUT2D eigenvalue weighted by Crippen LogP contribution is 2.22. The third-order valence-electron chi connectivity index (χ3n) is 3.44. The number of nitrogens with one attached hydrogen (secondary N) is 1. The van der Waals surface area contributed by atoms with Crippen molar-refractivity contribution in [3.05, 3.63) is 76.5 Å². The lowest BCUT2D eigenvalue weighted by molar-refractivity contribution is 0.102. The van der Waals surface area contributed by atoms with E-state index >= 15 is 0 Å². The van der Waals surface area contributed by atoms with E-state index in [0.717, 1.165) is 5.56 Å². The summed E-state index contributed by atoms with van der Waals surface area (Å²) in [6.07, 6.45) is 1.59. The zero-order chi connectivity index (χ0) is 17.1. The summed E-state index contributed by atoms with van der Waals surface area (Å²) in [5.74, 6) is -0.247. The van der Waals surface area contributed by atoms with Crippen LogP contribution in [0.25, 0.3) is 0 Å². The number of benzene rings is 1. The first-order chi connectivity index (χ1) is 11.5. The summed E-state index contributed by atoms with van der Waals surface area (Å²) in [7, 11) is 0. The molecule has 7 heteroatoms. The van der Waals surface area contributed by atoms with Crippen LogP contribution in [-0.4, -0.2) is 20.7 Å². The SMILES string of the molecule is Cc1nn(Cc2ccc(F)cc2)c(Cl)c1C(=O)Nc1ccccn1. The molecule has 3 rings (SSSR count). The number of carbonyl (C=O) groups is 1. The van der Waals surface area contributed by atoms with Gasteiger partial charge in [-0.05, 0) is 36.8 Å². The minimum atomic E-state index is -0.374. The molecule has 0 spiro atoms. The topological polar surface area (TPSA) is 59.8 Å². The van der Waals surface area contributed by atoms with Crippen LogP contribution in [-0.2, 0) is 6.54 Å². The molecule has 0 aliphatic carbocycles. The predicted molar refractivity (Wildman–Crippen MR) is 89.7 cm³/mol. The molecule has 0 unspecified atom stereocenters. The number of amides is 1. The second-order valence-corrected chi connectivity index (χ2v) is 5.56. The summed E-state index contributed by atoms with van der Waals surface area (Å²) >= 11 is 6.32. The number of aryl methyl sites for hydroxylation is 1. The zero-order valence-corrected chi connectivity index (χ0v) is 13.6. The third-order valence-corrected chi connectivity index (χ3v) is 3.83. The lowest BCUT2D eigenvalue weighted by Crippen LogP contribution is -2.14. The maximum absolute atomic E-state index is 13.0. The molecule has 24 heavy (non-hydrogen) atoms. The minimum Gasteiger partial charge on any atom is -0.306 e. The van der Waals surface area contributed by atoms with Gasteiger partial charge in [0, 0.05) is 6.20 Å². The number of halogens is 2. The lowest BCUT2D eigenvalue weighted by Gasteiger charge is -2.05. The lowest BCUT2D eigenvalue weighted by atomic mass is 10.2. The van der Waals surface area contributed by atoms with Gasteiger partial charge in [-0.15, -0.1) is 0 Å². The van der Waals surface area contributed by atoms with Crippen molar-refractivity contribution in [2.45, 2.75) is 13.5 Å². The van der Waals surface area contributed by atoms with Crippen molar-refractivity contribution < 1.29 is 9.18 Å². The zero-order valence-electron chi connectivity index (χ0n) is 12.8. The number of aromatic nitrogens is 3. The van der Waals surface area contributed by atoms with Gasteiger partial charge in [0.05, 0.1) is 17.8 Å². The molecule has 0 bridgehead atoms. The van der Waals surface area contributed by atoms with E-state index in [-0.39, 0.29) is 16.9 Å². The van der Waals surface area contributed by atoms with Crippen LogP contribution in [0, 0.1) is 12.7 Å². The van der Waals surface area contributed by atoms with Gasteiger partial charge in [-0.2, -0.15) is 5.10 Å². The predicted octanol–water partition coefficient (Wildman–Crippen LogP) is 3.68. The van der Waals surface area contributed by atoms with Gasteiger partial charge in [0.2, 0.25) is 0 Å². The fourth-order valence-electron chi connectivity index (χ4n) is 2.29. The van der Waals surface area contributed by atoms with E-state index in [9.17, 15) is 9.18 Å². The number of hydrogen-bond donors (Lipinski definition) is 1. The molecule has 1 N–H and O–H groups in total. The summed E-state index contributed by atoms with van der Waals surface area (Å²) in [5, 5.41) is 7.21. The number of nitrogens with zero attached hydrogens (tertiary/aromatic N) is 3. The van der Waals surface area contributed by atoms with Crippen LogP contribution in [0.2, 0.25) is 5.15 Å². The van der Waals surface area contributed by atoms with Gasteiger partial charge in [0.1, 0.15) is 16.8 Å². The average Bonchev–Trinajstić information content (AvgIpc) is 2.84. The molecule has 0 aliphatic rings. The van der Waals surface area contributed by atoms with E-state index < -0.39 is 0 Å². The Morgan fingerprint density at radius 1 is 1.25 bits per heavy atom. The molecular formula is C17H14ClFN4O. The molecule has 122 valence electrons. The first-order valence-electron chi connectivity index (χ1n) is 7.24. The Balaban J connectivity index is 1.83. The van der Waals surface area contributed by atoms with E-state index in [1.807, 2.05) is 0 Å². The molecule has 0 aliphatic heterocycles. The van der Waals surface area contributed by atoms with Gasteiger partial charge in [0.25, 0.3) is 5.91 Å². The smallest absolute Gasteiger partial charge is 0.261 e. The highest BCUT2D eigenvalue weighted by Gasteiger charge is 2.20. The first-order valence-corrected chi connectivity index (χ1v) is 7.62. The summed E-state index contributed by atoms with van der Waals surface area (Å²) in [6, 6.07) is 11.3. The van der Waals surface area contributed by atoms with Crippen molar-refractivity contribution in [3.63, 3.8) is 0 Å². The van der Waals surface area contributed by atoms with Crippen molar-refractivity contribution >= 4 is 23.3 Å². The van der Waals surface area contributed by atoms with E-state index in [4.69, 9.17) is 11.6 Å². The quantitative estimate of drug-likeness (QED) is 0.785. The molecule has 5 nitrogen and oxygen atoms in total. The van der Waals surface area contributed by atoms with Crippen molar-refractivity contribution in [1.82, 2.24) is 14.8 Å². The van der Waals surface area contributed by atoms with Crippen molar-refractivity contribution in [3.8, 4) is 0 Å². The maximum atomic E-state index is 13.0. The molecule has 0 fully saturated rings. The number of rotatable bonds is 4. The number of anilines is 1. The Hall–Kier alpha value is -2.73. The Morgan fingerprint density at radius 3 is 2.67 bits per heavy atom. The van der Waals surface area contributed by atoms with Gasteiger partial charge in [-0.25, -0.2) is 14.1 Å². The van der Waals surface area contributed by atoms with Crippen molar-refractivity contribution in [2.24, 2.45) is 0 Å². The van der Waals surface area contributed by atoms with Gasteiger partial charge in [0.15, 0.2) is 0 Å². The highest BCUT2D eigenvalue weighted by atomic mass is 35.5. The summed E-state index contributed by atoms with van der Waals surface area (Å²) in [5.41, 5.74) is 1.64. The minimum absolute atomic E-state index is 0.227. The normalized spacial score (nSPS) is 10.6. The Bertz CT molecular complexity index is 862. The van der Waals surface area contributed by atoms with Crippen LogP contribution < -0.4 is 5.32 Å². The molecule has 1 aromatic carbocycles. The van der Waals surface area contributed by atoms with Crippen LogP contribution in [0.1, 0.15) is 21.6 Å². The standard InChI is InChI=1S/C17H14ClFN4O/c1-11-15(17(24)21-14-4-2-3-9-20-14)16(18)23(22-11)10-12-5-7-13(19)8-6-12/h2-9H,10H2,1H3,(H,20,21,24). The molecule has 0 saturated heterocycles. The second kappa shape index (κ2) is 6.80. The van der Waals surface area contributed by atoms with Gasteiger partial charge in [-0.3, -0.25) is 4.79 Å². The fourth-order valence-corrected chi connectivity index (χ4v) is 2.61. The summed E-state index contributed by atoms with van der Waals surface area (Å²) in [4.78, 5) is 16.5. The highest BCUT2D eigenvalue weighted by molar-refractivity contribution is 6.33. The molecule has 0 radical (unpaired) electrons. The third kappa shape index (κ3) is 3.44. The van der Waals surface area contributed by atoms with Crippen LogP contribution in [0.3, 0.4) is 0 Å². The van der Waals surface area contributed by atoms with E-state index in [1.165, 1.54) is 16.8 Å². The number of hydrogen-bond acceptors (Lipinski definition) is 3. The molecule has 2 aromatic heterocycles. The maximum Gasteiger partial charge on any atom is 0.261 e. The largest absolute Gasteiger partial charge is 0.306 e. The molecule has 3 aromatic rings. The molecule has 1 amide bonds. The van der Waals surface area contributed by atoms with Crippen LogP contribution in [0.5, 0.6) is 0 Å². The molecule has 0 saturated carbocycles. The molecule has 0 atom stereocenters. The van der Waals surface area contributed by atoms with E-state index in [1.54, 1.807) is 43.5 Å². The molecular weight excluding hydrogens is 331 g/mol. The van der Waals surface area contributed by atoms with Crippen molar-refractivity contribution in [2.75, 3.05) is 5.32 Å². The second-order valence-electron chi connectivity index (χ2n) is 5.20. The van der Waals surface area contributed by atoms with Gasteiger partial charge in [-0.1, -0.05) is 29.8 Å². The molecule has 2 heterocycles. The Morgan fingerprint density at radius 2 is 2.00 bits per heavy atom. The van der Waals surface area contributed by atoms with Crippen LogP contribution in [0.4, 0.5) is 10.2 Å². The number of pyridine rings is 1. The summed E-state index contributed by atoms with van der Waals surface area (Å²) < 4.78 is 14.5. The van der Waals surface area contributed by atoms with Gasteiger partial charge < -0.3 is 5.32 Å². The van der Waals surface area contributed by atoms with E-state index in [2.05, 4.69) is 15.4 Å². The first kappa shape index (κ1) is 16.1. The Labute approximate surface area is 143 Å². The Kier molecular flexibility index (Phi) is 4.57. The average molecular weight is 345 g/mol. The monoisotopic (exact) mass is 344 g/mol. The van der Waals surface area contributed by atoms with Gasteiger partial charge >= 0.3 is 0 Å². The number of carbonyl (C=O) groups excluding carboxylic acids is 1. The van der Waals surface area contributed by atoms with Crippen LogP contribution in [0.15, 0.2) is 48.7 Å².